The Kier molecular flexibility index (Phi) is 5.49. The number of carbonyl (C=O) groups excluding carboxylic acids is 2. The Labute approximate surface area is 165 Å². The third kappa shape index (κ3) is 3.41. The van der Waals surface area contributed by atoms with E-state index in [2.05, 4.69) is 15.9 Å². The molecule has 26 heavy (non-hydrogen) atoms. The molecule has 1 atom stereocenters. The minimum Gasteiger partial charge on any atom is -0.507 e. The van der Waals surface area contributed by atoms with Crippen LogP contribution >= 0.6 is 27.5 Å². The molecular formula is C20H17BrClNO3. The molecule has 0 spiro atoms. The number of hydrogen-bond donors (Lipinski definition) is 1. The van der Waals surface area contributed by atoms with Gasteiger partial charge in [-0.05, 0) is 36.2 Å². The number of benzene rings is 2. The zero-order chi connectivity index (χ0) is 18.8. The fraction of sp³-hybridized carbons (Fsp3) is 0.200. The van der Waals surface area contributed by atoms with Gasteiger partial charge in [-0.1, -0.05) is 58.7 Å². The van der Waals surface area contributed by atoms with Crippen molar-refractivity contribution in [3.05, 3.63) is 74.7 Å². The number of aliphatic hydroxyl groups is 1. The molecule has 1 N–H and O–H groups in total. The average Bonchev–Trinajstić information content (AvgIpc) is 2.88. The minimum absolute atomic E-state index is 0.105. The van der Waals surface area contributed by atoms with E-state index in [9.17, 15) is 14.7 Å². The summed E-state index contributed by atoms with van der Waals surface area (Å²) in [6, 6.07) is 13.3. The molecule has 1 aliphatic rings. The number of Topliss-reactive ketones (excluding diaryl/α,β-unsaturated/α-hetero) is 1. The van der Waals surface area contributed by atoms with Gasteiger partial charge in [-0.2, -0.15) is 0 Å². The summed E-state index contributed by atoms with van der Waals surface area (Å²) in [6.07, 6.45) is 0.704. The SMILES string of the molecule is CCCN1C(=O)C(=O)/C(=C(\O)c2ccc(Br)cc2)C1c1ccc(Cl)cc1. The predicted octanol–water partition coefficient (Wildman–Crippen LogP) is 4.93. The van der Waals surface area contributed by atoms with Crippen LogP contribution in [-0.4, -0.2) is 28.2 Å². The Balaban J connectivity index is 2.17. The van der Waals surface area contributed by atoms with Crippen LogP contribution < -0.4 is 0 Å². The Hall–Kier alpha value is -2.11. The topological polar surface area (TPSA) is 57.6 Å². The zero-order valence-corrected chi connectivity index (χ0v) is 16.4. The Morgan fingerprint density at radius 1 is 1.12 bits per heavy atom. The van der Waals surface area contributed by atoms with E-state index in [4.69, 9.17) is 11.6 Å². The van der Waals surface area contributed by atoms with Crippen LogP contribution in [0.4, 0.5) is 0 Å². The molecular weight excluding hydrogens is 418 g/mol. The third-order valence-electron chi connectivity index (χ3n) is 4.31. The lowest BCUT2D eigenvalue weighted by Crippen LogP contribution is -2.30. The molecule has 4 nitrogen and oxygen atoms in total. The highest BCUT2D eigenvalue weighted by Gasteiger charge is 2.45. The lowest BCUT2D eigenvalue weighted by molar-refractivity contribution is -0.139. The predicted molar refractivity (Wildman–Crippen MR) is 105 cm³/mol. The van der Waals surface area contributed by atoms with E-state index >= 15 is 0 Å². The number of carbonyl (C=O) groups is 2. The van der Waals surface area contributed by atoms with Crippen LogP contribution in [-0.2, 0) is 9.59 Å². The smallest absolute Gasteiger partial charge is 0.295 e. The molecule has 1 amide bonds. The van der Waals surface area contributed by atoms with Gasteiger partial charge < -0.3 is 10.0 Å². The summed E-state index contributed by atoms with van der Waals surface area (Å²) in [7, 11) is 0. The minimum atomic E-state index is -0.668. The number of aliphatic hydroxyl groups excluding tert-OH is 1. The second-order valence-corrected chi connectivity index (χ2v) is 7.40. The molecule has 1 heterocycles. The van der Waals surface area contributed by atoms with Crippen molar-refractivity contribution in [3.63, 3.8) is 0 Å². The molecule has 0 aliphatic carbocycles. The standard InChI is InChI=1S/C20H17BrClNO3/c1-2-11-23-17(12-5-9-15(22)10-6-12)16(19(25)20(23)26)18(24)13-3-7-14(21)8-4-13/h3-10,17,24H,2,11H2,1H3/b18-16-. The fourth-order valence-electron chi connectivity index (χ4n) is 3.11. The van der Waals surface area contributed by atoms with E-state index in [-0.39, 0.29) is 11.3 Å². The number of nitrogens with zero attached hydrogens (tertiary/aromatic N) is 1. The number of rotatable bonds is 4. The number of halogens is 2. The van der Waals surface area contributed by atoms with Crippen molar-refractivity contribution >= 4 is 45.0 Å². The van der Waals surface area contributed by atoms with E-state index in [0.29, 0.717) is 23.6 Å². The lowest BCUT2D eigenvalue weighted by Gasteiger charge is -2.24. The van der Waals surface area contributed by atoms with Crippen LogP contribution in [0.5, 0.6) is 0 Å². The van der Waals surface area contributed by atoms with Gasteiger partial charge in [-0.25, -0.2) is 0 Å². The molecule has 0 saturated carbocycles. The van der Waals surface area contributed by atoms with Crippen molar-refractivity contribution in [2.75, 3.05) is 6.54 Å². The monoisotopic (exact) mass is 433 g/mol. The Morgan fingerprint density at radius 2 is 1.73 bits per heavy atom. The maximum absolute atomic E-state index is 12.7. The van der Waals surface area contributed by atoms with Gasteiger partial charge in [0.05, 0.1) is 11.6 Å². The molecule has 134 valence electrons. The summed E-state index contributed by atoms with van der Waals surface area (Å²) in [5.74, 6) is -1.43. The quantitative estimate of drug-likeness (QED) is 0.421. The van der Waals surface area contributed by atoms with Crippen LogP contribution in [0.1, 0.15) is 30.5 Å². The molecule has 1 aliphatic heterocycles. The summed E-state index contributed by atoms with van der Waals surface area (Å²) in [5.41, 5.74) is 1.33. The van der Waals surface area contributed by atoms with E-state index in [0.717, 1.165) is 10.0 Å². The fourth-order valence-corrected chi connectivity index (χ4v) is 3.50. The molecule has 1 fully saturated rings. The van der Waals surface area contributed by atoms with Crippen molar-refractivity contribution in [1.29, 1.82) is 0 Å². The van der Waals surface area contributed by atoms with Crippen molar-refractivity contribution in [2.45, 2.75) is 19.4 Å². The summed E-state index contributed by atoms with van der Waals surface area (Å²) in [5, 5.41) is 11.4. The van der Waals surface area contributed by atoms with Crippen molar-refractivity contribution in [3.8, 4) is 0 Å². The third-order valence-corrected chi connectivity index (χ3v) is 5.09. The van der Waals surface area contributed by atoms with Crippen LogP contribution in [0.3, 0.4) is 0 Å². The highest BCUT2D eigenvalue weighted by molar-refractivity contribution is 9.10. The largest absolute Gasteiger partial charge is 0.507 e. The molecule has 0 bridgehead atoms. The first kappa shape index (κ1) is 18.7. The molecule has 6 heteroatoms. The first-order chi connectivity index (χ1) is 12.4. The second kappa shape index (κ2) is 7.64. The maximum atomic E-state index is 12.7. The van der Waals surface area contributed by atoms with Gasteiger partial charge in [0.25, 0.3) is 11.7 Å². The maximum Gasteiger partial charge on any atom is 0.295 e. The highest BCUT2D eigenvalue weighted by Crippen LogP contribution is 2.39. The summed E-state index contributed by atoms with van der Waals surface area (Å²) >= 11 is 9.32. The van der Waals surface area contributed by atoms with Gasteiger partial charge >= 0.3 is 0 Å². The van der Waals surface area contributed by atoms with Gasteiger partial charge in [0.15, 0.2) is 0 Å². The normalized spacial score (nSPS) is 19.2. The van der Waals surface area contributed by atoms with Crippen LogP contribution in [0.2, 0.25) is 5.02 Å². The average molecular weight is 435 g/mol. The van der Waals surface area contributed by atoms with E-state index in [1.807, 2.05) is 6.92 Å². The van der Waals surface area contributed by atoms with Gasteiger partial charge in [0, 0.05) is 21.6 Å². The van der Waals surface area contributed by atoms with E-state index < -0.39 is 17.7 Å². The van der Waals surface area contributed by atoms with Crippen LogP contribution in [0.15, 0.2) is 58.6 Å². The number of ketones is 1. The number of likely N-dealkylation sites (tertiary alicyclic amines) is 1. The first-order valence-corrected chi connectivity index (χ1v) is 9.41. The molecule has 0 radical (unpaired) electrons. The van der Waals surface area contributed by atoms with E-state index in [1.165, 1.54) is 4.90 Å². The van der Waals surface area contributed by atoms with Crippen molar-refractivity contribution < 1.29 is 14.7 Å². The first-order valence-electron chi connectivity index (χ1n) is 8.24. The summed E-state index contributed by atoms with van der Waals surface area (Å²) in [4.78, 5) is 26.7. The molecule has 2 aromatic carbocycles. The van der Waals surface area contributed by atoms with Crippen molar-refractivity contribution in [2.24, 2.45) is 0 Å². The van der Waals surface area contributed by atoms with Gasteiger partial charge in [-0.15, -0.1) is 0 Å². The molecule has 2 aromatic rings. The number of hydrogen-bond acceptors (Lipinski definition) is 3. The second-order valence-electron chi connectivity index (χ2n) is 6.05. The molecule has 3 rings (SSSR count). The molecule has 1 unspecified atom stereocenters. The summed E-state index contributed by atoms with van der Waals surface area (Å²) < 4.78 is 0.856. The van der Waals surface area contributed by atoms with Crippen molar-refractivity contribution in [1.82, 2.24) is 4.90 Å². The van der Waals surface area contributed by atoms with Crippen LogP contribution in [0.25, 0.3) is 5.76 Å². The molecule has 1 saturated heterocycles. The lowest BCUT2D eigenvalue weighted by atomic mass is 9.95. The van der Waals surface area contributed by atoms with Crippen LogP contribution in [0, 0.1) is 0 Å². The zero-order valence-electron chi connectivity index (χ0n) is 14.1. The van der Waals surface area contributed by atoms with Gasteiger partial charge in [0.2, 0.25) is 0 Å². The Morgan fingerprint density at radius 3 is 2.31 bits per heavy atom. The van der Waals surface area contributed by atoms with Gasteiger partial charge in [0.1, 0.15) is 5.76 Å². The summed E-state index contributed by atoms with van der Waals surface area (Å²) in [6.45, 7) is 2.36. The Bertz CT molecular complexity index is 875. The van der Waals surface area contributed by atoms with E-state index in [1.54, 1.807) is 48.5 Å². The number of amides is 1. The highest BCUT2D eigenvalue weighted by atomic mass is 79.9. The van der Waals surface area contributed by atoms with Gasteiger partial charge in [-0.3, -0.25) is 9.59 Å². The molecule has 0 aromatic heterocycles.